The molecule has 0 fully saturated rings. The van der Waals surface area contributed by atoms with E-state index < -0.39 is 12.2 Å². The van der Waals surface area contributed by atoms with Crippen LogP contribution in [-0.2, 0) is 4.74 Å². The van der Waals surface area contributed by atoms with Gasteiger partial charge in [-0.05, 0) is 47.7 Å². The van der Waals surface area contributed by atoms with E-state index >= 15 is 0 Å². The molecule has 6 heteroatoms. The molecule has 2 rings (SSSR count). The predicted octanol–water partition coefficient (Wildman–Crippen LogP) is 1.81. The zero-order valence-corrected chi connectivity index (χ0v) is 11.9. The number of fused-ring (bicyclic) bond motifs is 1. The molecule has 0 aliphatic carbocycles. The zero-order valence-electron chi connectivity index (χ0n) is 9.72. The average Bonchev–Trinajstić information content (AvgIpc) is 2.34. The maximum atomic E-state index is 11.9. The van der Waals surface area contributed by atoms with Crippen LogP contribution in [0.25, 0.3) is 0 Å². The molecule has 0 aromatic heterocycles. The largest absolute Gasteiger partial charge is 0.449 e. The number of ketones is 1. The van der Waals surface area contributed by atoms with Gasteiger partial charge >= 0.3 is 6.09 Å². The van der Waals surface area contributed by atoms with E-state index in [1.807, 2.05) is 0 Å². The average molecular weight is 361 g/mol. The fourth-order valence-electron chi connectivity index (χ4n) is 1.85. The molecular formula is C12H12INO4. The van der Waals surface area contributed by atoms with Crippen LogP contribution in [0.3, 0.4) is 0 Å². The lowest BCUT2D eigenvalue weighted by molar-refractivity contribution is 0.0741. The van der Waals surface area contributed by atoms with Gasteiger partial charge in [0.15, 0.2) is 5.78 Å². The number of anilines is 1. The first-order valence-corrected chi connectivity index (χ1v) is 6.58. The van der Waals surface area contributed by atoms with Gasteiger partial charge in [-0.15, -0.1) is 0 Å². The fraction of sp³-hybridized carbons (Fsp3) is 0.333. The Kier molecular flexibility index (Phi) is 3.86. The molecule has 18 heavy (non-hydrogen) atoms. The van der Waals surface area contributed by atoms with Crippen molar-refractivity contribution in [3.05, 3.63) is 27.3 Å². The van der Waals surface area contributed by atoms with Gasteiger partial charge in [-0.3, -0.25) is 9.69 Å². The molecule has 96 valence electrons. The number of ether oxygens (including phenoxy) is 1. The topological polar surface area (TPSA) is 66.8 Å². The highest BCUT2D eigenvalue weighted by Crippen LogP contribution is 2.29. The minimum Gasteiger partial charge on any atom is -0.449 e. The second-order valence-electron chi connectivity index (χ2n) is 3.85. The summed E-state index contributed by atoms with van der Waals surface area (Å²) in [4.78, 5) is 24.9. The number of aliphatic hydroxyl groups excluding tert-OH is 1. The lowest BCUT2D eigenvalue weighted by atomic mass is 9.99. The number of rotatable bonds is 1. The molecular weight excluding hydrogens is 349 g/mol. The highest BCUT2D eigenvalue weighted by atomic mass is 127. The predicted molar refractivity (Wildman–Crippen MR) is 73.9 cm³/mol. The maximum absolute atomic E-state index is 11.9. The molecule has 1 aromatic rings. The molecule has 1 aliphatic heterocycles. The van der Waals surface area contributed by atoms with Gasteiger partial charge in [0.25, 0.3) is 0 Å². The monoisotopic (exact) mass is 361 g/mol. The molecule has 0 bridgehead atoms. The molecule has 1 atom stereocenters. The van der Waals surface area contributed by atoms with Crippen molar-refractivity contribution in [3.8, 4) is 0 Å². The smallest absolute Gasteiger partial charge is 0.414 e. The SMILES string of the molecule is CCOC(=O)N1CC(O)C(=O)c2cc(I)ccc21. The van der Waals surface area contributed by atoms with Gasteiger partial charge in [-0.1, -0.05) is 0 Å². The summed E-state index contributed by atoms with van der Waals surface area (Å²) in [5.41, 5.74) is 0.845. The van der Waals surface area contributed by atoms with E-state index in [1.165, 1.54) is 4.90 Å². The summed E-state index contributed by atoms with van der Waals surface area (Å²) in [5.74, 6) is -0.357. The summed E-state index contributed by atoms with van der Waals surface area (Å²) in [6.45, 7) is 1.89. The normalized spacial score (nSPS) is 18.5. The Labute approximate surface area is 118 Å². The number of nitrogens with zero attached hydrogens (tertiary/aromatic N) is 1. The molecule has 0 radical (unpaired) electrons. The lowest BCUT2D eigenvalue weighted by Crippen LogP contribution is -2.46. The van der Waals surface area contributed by atoms with Gasteiger partial charge in [0.2, 0.25) is 0 Å². The van der Waals surface area contributed by atoms with Crippen molar-refractivity contribution >= 4 is 40.2 Å². The van der Waals surface area contributed by atoms with Crippen LogP contribution >= 0.6 is 22.6 Å². The van der Waals surface area contributed by atoms with Gasteiger partial charge in [0.05, 0.1) is 18.8 Å². The molecule has 5 nitrogen and oxygen atoms in total. The third kappa shape index (κ3) is 2.35. The molecule has 1 N–H and O–H groups in total. The highest BCUT2D eigenvalue weighted by molar-refractivity contribution is 14.1. The van der Waals surface area contributed by atoms with Crippen molar-refractivity contribution < 1.29 is 19.4 Å². The van der Waals surface area contributed by atoms with Crippen LogP contribution < -0.4 is 4.90 Å². The number of amides is 1. The van der Waals surface area contributed by atoms with Gasteiger partial charge in [-0.25, -0.2) is 4.79 Å². The molecule has 1 unspecified atom stereocenters. The van der Waals surface area contributed by atoms with E-state index in [9.17, 15) is 14.7 Å². The number of carbonyl (C=O) groups excluding carboxylic acids is 2. The van der Waals surface area contributed by atoms with Crippen LogP contribution in [0.15, 0.2) is 18.2 Å². The van der Waals surface area contributed by atoms with E-state index in [1.54, 1.807) is 25.1 Å². The quantitative estimate of drug-likeness (QED) is 0.775. The number of hydrogen-bond acceptors (Lipinski definition) is 4. The van der Waals surface area contributed by atoms with E-state index in [4.69, 9.17) is 4.74 Å². The Balaban J connectivity index is 2.45. The number of benzene rings is 1. The molecule has 0 saturated heterocycles. The van der Waals surface area contributed by atoms with Crippen molar-refractivity contribution in [2.75, 3.05) is 18.1 Å². The first kappa shape index (κ1) is 13.3. The van der Waals surface area contributed by atoms with Crippen LogP contribution in [0.2, 0.25) is 0 Å². The van der Waals surface area contributed by atoms with Crippen LogP contribution in [0, 0.1) is 3.57 Å². The van der Waals surface area contributed by atoms with Crippen LogP contribution in [-0.4, -0.2) is 36.2 Å². The first-order valence-electron chi connectivity index (χ1n) is 5.50. The maximum Gasteiger partial charge on any atom is 0.414 e. The second kappa shape index (κ2) is 5.23. The number of aliphatic hydroxyl groups is 1. The summed E-state index contributed by atoms with van der Waals surface area (Å²) in [6.07, 6.45) is -1.74. The molecule has 1 amide bonds. The lowest BCUT2D eigenvalue weighted by Gasteiger charge is -2.30. The van der Waals surface area contributed by atoms with Crippen LogP contribution in [0.5, 0.6) is 0 Å². The van der Waals surface area contributed by atoms with Crippen molar-refractivity contribution in [2.45, 2.75) is 13.0 Å². The highest BCUT2D eigenvalue weighted by Gasteiger charge is 2.34. The molecule has 1 heterocycles. The Morgan fingerprint density at radius 2 is 2.33 bits per heavy atom. The first-order chi connectivity index (χ1) is 8.54. The minimum absolute atomic E-state index is 0.0642. The fourth-order valence-corrected chi connectivity index (χ4v) is 2.34. The van der Waals surface area contributed by atoms with Crippen LogP contribution in [0.1, 0.15) is 17.3 Å². The molecule has 1 aromatic carbocycles. The van der Waals surface area contributed by atoms with Crippen molar-refractivity contribution in [3.63, 3.8) is 0 Å². The van der Waals surface area contributed by atoms with Crippen molar-refractivity contribution in [1.29, 1.82) is 0 Å². The van der Waals surface area contributed by atoms with Gasteiger partial charge in [0.1, 0.15) is 6.10 Å². The Bertz CT molecular complexity index is 503. The summed E-state index contributed by atoms with van der Waals surface area (Å²) in [6, 6.07) is 5.15. The van der Waals surface area contributed by atoms with E-state index in [-0.39, 0.29) is 18.9 Å². The zero-order chi connectivity index (χ0) is 13.3. The standard InChI is InChI=1S/C12H12INO4/c1-2-18-12(17)14-6-10(15)11(16)8-5-7(13)3-4-9(8)14/h3-5,10,15H,2,6H2,1H3. The third-order valence-electron chi connectivity index (χ3n) is 2.66. The number of hydrogen-bond donors (Lipinski definition) is 1. The molecule has 0 spiro atoms. The Morgan fingerprint density at radius 3 is 3.00 bits per heavy atom. The van der Waals surface area contributed by atoms with Gasteiger partial charge in [0, 0.05) is 9.13 Å². The number of Topliss-reactive ketones (excluding diaryl/α,β-unsaturated/α-hetero) is 1. The van der Waals surface area contributed by atoms with Crippen LogP contribution in [0.4, 0.5) is 10.5 Å². The van der Waals surface area contributed by atoms with E-state index in [0.29, 0.717) is 11.3 Å². The summed E-state index contributed by atoms with van der Waals surface area (Å²) in [7, 11) is 0. The Morgan fingerprint density at radius 1 is 1.61 bits per heavy atom. The molecule has 1 aliphatic rings. The van der Waals surface area contributed by atoms with Gasteiger partial charge in [-0.2, -0.15) is 0 Å². The minimum atomic E-state index is -1.19. The van der Waals surface area contributed by atoms with Crippen molar-refractivity contribution in [1.82, 2.24) is 0 Å². The summed E-state index contributed by atoms with van der Waals surface area (Å²) < 4.78 is 5.79. The third-order valence-corrected chi connectivity index (χ3v) is 3.33. The number of β-amino-alcohol motifs (C(OH)–C–C–N with tert-alkyl or cyclic N) is 1. The van der Waals surface area contributed by atoms with Gasteiger partial charge < -0.3 is 9.84 Å². The second-order valence-corrected chi connectivity index (χ2v) is 5.10. The van der Waals surface area contributed by atoms with Crippen molar-refractivity contribution in [2.24, 2.45) is 0 Å². The number of halogens is 1. The summed E-state index contributed by atoms with van der Waals surface area (Å²) in [5, 5.41) is 9.70. The summed E-state index contributed by atoms with van der Waals surface area (Å²) >= 11 is 2.08. The Hall–Kier alpha value is -1.15. The van der Waals surface area contributed by atoms with E-state index in [2.05, 4.69) is 22.6 Å². The van der Waals surface area contributed by atoms with E-state index in [0.717, 1.165) is 3.57 Å². The molecule has 0 saturated carbocycles. The number of carbonyl (C=O) groups is 2.